The highest BCUT2D eigenvalue weighted by atomic mass is 79.9. The van der Waals surface area contributed by atoms with Crippen LogP contribution >= 0.6 is 15.9 Å². The quantitative estimate of drug-likeness (QED) is 0.776. The second kappa shape index (κ2) is 7.43. The topological polar surface area (TPSA) is 55.3 Å². The van der Waals surface area contributed by atoms with E-state index in [-0.39, 0.29) is 12.0 Å². The van der Waals surface area contributed by atoms with Crippen LogP contribution in [0.15, 0.2) is 18.6 Å². The fraction of sp³-hybridized carbons (Fsp3) is 0.615. The number of hydrogen-bond acceptors (Lipinski definition) is 4. The Morgan fingerprint density at radius 2 is 2.21 bits per heavy atom. The molecule has 2 rings (SSSR count). The van der Waals surface area contributed by atoms with Gasteiger partial charge in [-0.05, 0) is 6.42 Å². The summed E-state index contributed by atoms with van der Waals surface area (Å²) in [5.41, 5.74) is 0. The third-order valence-electron chi connectivity index (χ3n) is 3.15. The summed E-state index contributed by atoms with van der Waals surface area (Å²) < 4.78 is 5.75. The lowest BCUT2D eigenvalue weighted by molar-refractivity contribution is -0.133. The van der Waals surface area contributed by atoms with Gasteiger partial charge >= 0.3 is 0 Å². The molecule has 1 saturated heterocycles. The molecule has 1 aliphatic rings. The molecule has 104 valence electrons. The monoisotopic (exact) mass is 327 g/mol. The first-order valence-electron chi connectivity index (χ1n) is 6.56. The normalized spacial score (nSPS) is 16.4. The maximum Gasteiger partial charge on any atom is 0.232 e. The average Bonchev–Trinajstić information content (AvgIpc) is 2.46. The van der Waals surface area contributed by atoms with Crippen molar-refractivity contribution in [1.29, 1.82) is 0 Å². The highest BCUT2D eigenvalue weighted by Gasteiger charge is 2.23. The van der Waals surface area contributed by atoms with Crippen LogP contribution < -0.4 is 4.74 Å². The minimum Gasteiger partial charge on any atom is -0.473 e. The summed E-state index contributed by atoms with van der Waals surface area (Å²) in [7, 11) is 0. The Bertz CT molecular complexity index is 394. The number of halogens is 1. The van der Waals surface area contributed by atoms with E-state index in [9.17, 15) is 4.79 Å². The van der Waals surface area contributed by atoms with Crippen molar-refractivity contribution in [3.63, 3.8) is 0 Å². The third kappa shape index (κ3) is 4.45. The van der Waals surface area contributed by atoms with E-state index in [4.69, 9.17) is 4.74 Å². The van der Waals surface area contributed by atoms with E-state index in [1.54, 1.807) is 18.6 Å². The van der Waals surface area contributed by atoms with Crippen molar-refractivity contribution >= 4 is 21.8 Å². The van der Waals surface area contributed by atoms with Crippen LogP contribution in [0, 0.1) is 0 Å². The molecule has 1 aromatic rings. The van der Waals surface area contributed by atoms with Crippen LogP contribution in [-0.2, 0) is 4.79 Å². The van der Waals surface area contributed by atoms with Gasteiger partial charge in [0, 0.05) is 50.1 Å². The standard InChI is InChI=1S/C13H18BrN3O2/c14-5-1-2-13(18)17-8-3-11(4-9-17)19-12-10-15-6-7-16-12/h6-7,10-11H,1-5,8-9H2. The number of carbonyl (C=O) groups is 1. The number of likely N-dealkylation sites (tertiary alicyclic amines) is 1. The van der Waals surface area contributed by atoms with Crippen LogP contribution in [0.5, 0.6) is 5.88 Å². The molecule has 0 aromatic carbocycles. The van der Waals surface area contributed by atoms with E-state index in [0.717, 1.165) is 37.7 Å². The van der Waals surface area contributed by atoms with Crippen molar-refractivity contribution in [1.82, 2.24) is 14.9 Å². The molecule has 0 radical (unpaired) electrons. The predicted octanol–water partition coefficient (Wildman–Crippen LogP) is 2.02. The fourth-order valence-electron chi connectivity index (χ4n) is 2.12. The maximum absolute atomic E-state index is 11.9. The van der Waals surface area contributed by atoms with Crippen molar-refractivity contribution in [3.8, 4) is 5.88 Å². The predicted molar refractivity (Wildman–Crippen MR) is 75.3 cm³/mol. The van der Waals surface area contributed by atoms with E-state index in [2.05, 4.69) is 25.9 Å². The summed E-state index contributed by atoms with van der Waals surface area (Å²) in [6.45, 7) is 1.54. The SMILES string of the molecule is O=C(CCCBr)N1CCC(Oc2cnccn2)CC1. The molecular formula is C13H18BrN3O2. The average molecular weight is 328 g/mol. The summed E-state index contributed by atoms with van der Waals surface area (Å²) in [6, 6.07) is 0. The molecule has 0 unspecified atom stereocenters. The lowest BCUT2D eigenvalue weighted by Crippen LogP contribution is -2.41. The second-order valence-electron chi connectivity index (χ2n) is 4.53. The number of piperidine rings is 1. The largest absolute Gasteiger partial charge is 0.473 e. The Kier molecular flexibility index (Phi) is 5.57. The Labute approximate surface area is 121 Å². The van der Waals surface area contributed by atoms with Crippen molar-refractivity contribution in [2.24, 2.45) is 0 Å². The minimum absolute atomic E-state index is 0.136. The zero-order valence-electron chi connectivity index (χ0n) is 10.8. The number of rotatable bonds is 5. The van der Waals surface area contributed by atoms with E-state index in [1.165, 1.54) is 0 Å². The number of alkyl halides is 1. The molecule has 0 spiro atoms. The zero-order valence-corrected chi connectivity index (χ0v) is 12.4. The molecule has 5 nitrogen and oxygen atoms in total. The summed E-state index contributed by atoms with van der Waals surface area (Å²) in [5.74, 6) is 0.809. The van der Waals surface area contributed by atoms with Gasteiger partial charge < -0.3 is 9.64 Å². The number of nitrogens with zero attached hydrogens (tertiary/aromatic N) is 3. The maximum atomic E-state index is 11.9. The minimum atomic E-state index is 0.136. The summed E-state index contributed by atoms with van der Waals surface area (Å²) in [6.07, 6.45) is 8.24. The summed E-state index contributed by atoms with van der Waals surface area (Å²) in [5, 5.41) is 0.880. The van der Waals surface area contributed by atoms with Crippen LogP contribution in [0.4, 0.5) is 0 Å². The first kappa shape index (κ1) is 14.2. The van der Waals surface area contributed by atoms with Crippen molar-refractivity contribution in [3.05, 3.63) is 18.6 Å². The Balaban J connectivity index is 1.75. The number of hydrogen-bond donors (Lipinski definition) is 0. The van der Waals surface area contributed by atoms with E-state index < -0.39 is 0 Å². The van der Waals surface area contributed by atoms with E-state index >= 15 is 0 Å². The van der Waals surface area contributed by atoms with Gasteiger partial charge in [-0.25, -0.2) is 4.98 Å². The van der Waals surface area contributed by atoms with Crippen molar-refractivity contribution < 1.29 is 9.53 Å². The van der Waals surface area contributed by atoms with Gasteiger partial charge in [0.25, 0.3) is 0 Å². The van der Waals surface area contributed by atoms with Gasteiger partial charge in [-0.15, -0.1) is 0 Å². The molecular weight excluding hydrogens is 310 g/mol. The van der Waals surface area contributed by atoms with Gasteiger partial charge in [-0.3, -0.25) is 9.78 Å². The number of ether oxygens (including phenoxy) is 1. The fourth-order valence-corrected chi connectivity index (χ4v) is 2.40. The van der Waals surface area contributed by atoms with Gasteiger partial charge in [0.2, 0.25) is 11.8 Å². The van der Waals surface area contributed by atoms with Crippen LogP contribution in [0.1, 0.15) is 25.7 Å². The summed E-state index contributed by atoms with van der Waals surface area (Å²) >= 11 is 3.34. The molecule has 6 heteroatoms. The van der Waals surface area contributed by atoms with Crippen LogP contribution in [-0.4, -0.2) is 45.3 Å². The smallest absolute Gasteiger partial charge is 0.232 e. The van der Waals surface area contributed by atoms with Gasteiger partial charge in [-0.2, -0.15) is 0 Å². The number of amides is 1. The Hall–Kier alpha value is -1.17. The first-order valence-corrected chi connectivity index (χ1v) is 7.68. The van der Waals surface area contributed by atoms with Crippen LogP contribution in [0.3, 0.4) is 0 Å². The molecule has 1 aromatic heterocycles. The molecule has 0 N–H and O–H groups in total. The number of carbonyl (C=O) groups excluding carboxylic acids is 1. The van der Waals surface area contributed by atoms with Crippen LogP contribution in [0.2, 0.25) is 0 Å². The zero-order chi connectivity index (χ0) is 13.5. The molecule has 1 amide bonds. The van der Waals surface area contributed by atoms with Gasteiger partial charge in [0.15, 0.2) is 0 Å². The molecule has 0 bridgehead atoms. The third-order valence-corrected chi connectivity index (χ3v) is 3.71. The molecule has 1 fully saturated rings. The number of aromatic nitrogens is 2. The lowest BCUT2D eigenvalue weighted by atomic mass is 10.1. The van der Waals surface area contributed by atoms with Crippen LogP contribution in [0.25, 0.3) is 0 Å². The Morgan fingerprint density at radius 3 is 2.84 bits per heavy atom. The molecule has 2 heterocycles. The van der Waals surface area contributed by atoms with Gasteiger partial charge in [0.1, 0.15) is 6.10 Å². The first-order chi connectivity index (χ1) is 9.29. The van der Waals surface area contributed by atoms with Gasteiger partial charge in [0.05, 0.1) is 6.20 Å². The van der Waals surface area contributed by atoms with E-state index in [0.29, 0.717) is 12.3 Å². The van der Waals surface area contributed by atoms with Crippen molar-refractivity contribution in [2.75, 3.05) is 18.4 Å². The van der Waals surface area contributed by atoms with E-state index in [1.807, 2.05) is 4.90 Å². The highest BCUT2D eigenvalue weighted by Crippen LogP contribution is 2.17. The molecule has 19 heavy (non-hydrogen) atoms. The molecule has 0 atom stereocenters. The molecule has 0 aliphatic carbocycles. The molecule has 1 aliphatic heterocycles. The van der Waals surface area contributed by atoms with Gasteiger partial charge in [-0.1, -0.05) is 15.9 Å². The highest BCUT2D eigenvalue weighted by molar-refractivity contribution is 9.09. The Morgan fingerprint density at radius 1 is 1.42 bits per heavy atom. The molecule has 0 saturated carbocycles. The van der Waals surface area contributed by atoms with Crippen molar-refractivity contribution in [2.45, 2.75) is 31.8 Å². The summed E-state index contributed by atoms with van der Waals surface area (Å²) in [4.78, 5) is 21.9. The lowest BCUT2D eigenvalue weighted by Gasteiger charge is -2.31. The second-order valence-corrected chi connectivity index (χ2v) is 5.33.